The molecule has 29 heavy (non-hydrogen) atoms. The maximum atomic E-state index is 12.5. The number of anilines is 1. The van der Waals surface area contributed by atoms with Gasteiger partial charge in [-0.1, -0.05) is 23.2 Å². The Morgan fingerprint density at radius 1 is 1.07 bits per heavy atom. The second-order valence-corrected chi connectivity index (χ2v) is 8.23. The highest BCUT2D eigenvalue weighted by Gasteiger charge is 2.23. The molecule has 0 saturated carbocycles. The van der Waals surface area contributed by atoms with E-state index >= 15 is 0 Å². The summed E-state index contributed by atoms with van der Waals surface area (Å²) in [5.41, 5.74) is 0.362. The zero-order chi connectivity index (χ0) is 20.4. The van der Waals surface area contributed by atoms with E-state index in [-0.39, 0.29) is 18.4 Å². The summed E-state index contributed by atoms with van der Waals surface area (Å²) in [4.78, 5) is 38.3. The van der Waals surface area contributed by atoms with Gasteiger partial charge in [0, 0.05) is 31.7 Å². The van der Waals surface area contributed by atoms with Crippen LogP contribution < -0.4 is 10.2 Å². The molecule has 1 fully saturated rings. The van der Waals surface area contributed by atoms with Crippen molar-refractivity contribution in [1.82, 2.24) is 20.2 Å². The van der Waals surface area contributed by atoms with Crippen LogP contribution in [0, 0.1) is 0 Å². The fraction of sp³-hybridized carbons (Fsp3) is 0.263. The van der Waals surface area contributed by atoms with Crippen molar-refractivity contribution < 1.29 is 9.59 Å². The predicted molar refractivity (Wildman–Crippen MR) is 115 cm³/mol. The van der Waals surface area contributed by atoms with E-state index in [1.54, 1.807) is 34.7 Å². The van der Waals surface area contributed by atoms with E-state index < -0.39 is 0 Å². The van der Waals surface area contributed by atoms with Crippen LogP contribution in [0.1, 0.15) is 10.4 Å². The van der Waals surface area contributed by atoms with Crippen LogP contribution in [0.3, 0.4) is 0 Å². The highest BCUT2D eigenvalue weighted by molar-refractivity contribution is 7.16. The second kappa shape index (κ2) is 8.52. The molecule has 0 atom stereocenters. The number of benzene rings is 1. The van der Waals surface area contributed by atoms with Gasteiger partial charge in [0.05, 0.1) is 22.0 Å². The van der Waals surface area contributed by atoms with Gasteiger partial charge in [-0.05, 0) is 29.6 Å². The van der Waals surface area contributed by atoms with Gasteiger partial charge in [-0.25, -0.2) is 9.97 Å². The summed E-state index contributed by atoms with van der Waals surface area (Å²) in [5.74, 6) is 0.411. The third-order valence-electron chi connectivity index (χ3n) is 4.75. The normalized spacial score (nSPS) is 14.3. The van der Waals surface area contributed by atoms with Crippen molar-refractivity contribution in [2.45, 2.75) is 0 Å². The lowest BCUT2D eigenvalue weighted by molar-refractivity contribution is -0.130. The van der Waals surface area contributed by atoms with Crippen LogP contribution in [0.15, 0.2) is 36.0 Å². The van der Waals surface area contributed by atoms with Crippen molar-refractivity contribution in [3.63, 3.8) is 0 Å². The highest BCUT2D eigenvalue weighted by atomic mass is 35.5. The number of nitrogens with zero attached hydrogens (tertiary/aromatic N) is 4. The molecule has 0 radical (unpaired) electrons. The Balaban J connectivity index is 1.31. The number of nitrogens with one attached hydrogen (secondary N) is 1. The number of fused-ring (bicyclic) bond motifs is 1. The van der Waals surface area contributed by atoms with Gasteiger partial charge in [-0.3, -0.25) is 9.59 Å². The van der Waals surface area contributed by atoms with Crippen LogP contribution in [0.5, 0.6) is 0 Å². The lowest BCUT2D eigenvalue weighted by Gasteiger charge is -2.35. The lowest BCUT2D eigenvalue weighted by Crippen LogP contribution is -2.51. The first-order valence-electron chi connectivity index (χ1n) is 8.97. The van der Waals surface area contributed by atoms with Gasteiger partial charge in [0.15, 0.2) is 0 Å². The number of halogens is 2. The summed E-state index contributed by atoms with van der Waals surface area (Å²) in [7, 11) is 0. The minimum atomic E-state index is -0.364. The van der Waals surface area contributed by atoms with Gasteiger partial charge in [0.1, 0.15) is 17.0 Å². The molecule has 0 bridgehead atoms. The van der Waals surface area contributed by atoms with E-state index in [2.05, 4.69) is 20.2 Å². The molecule has 1 aliphatic heterocycles. The first-order valence-corrected chi connectivity index (χ1v) is 10.6. The molecule has 1 N–H and O–H groups in total. The maximum absolute atomic E-state index is 12.5. The Kier molecular flexibility index (Phi) is 5.84. The van der Waals surface area contributed by atoms with Crippen LogP contribution in [-0.2, 0) is 4.79 Å². The highest BCUT2D eigenvalue weighted by Crippen LogP contribution is 2.27. The molecule has 7 nitrogen and oxygen atoms in total. The number of rotatable bonds is 4. The molecule has 10 heteroatoms. The first kappa shape index (κ1) is 19.9. The van der Waals surface area contributed by atoms with Crippen LogP contribution in [0.25, 0.3) is 10.2 Å². The van der Waals surface area contributed by atoms with Gasteiger partial charge in [0.2, 0.25) is 5.91 Å². The van der Waals surface area contributed by atoms with Gasteiger partial charge in [-0.2, -0.15) is 0 Å². The standard InChI is InChI=1S/C19H17Cl2N5O2S/c20-14-2-1-12(9-15(14)21)18(28)22-10-16(27)25-4-6-26(7-5-25)17-13-3-8-29-19(13)24-11-23-17/h1-3,8-9,11H,4-7,10H2,(H,22,28). The first-order chi connectivity index (χ1) is 14.0. The predicted octanol–water partition coefficient (Wildman–Crippen LogP) is 3.08. The van der Waals surface area contributed by atoms with Gasteiger partial charge >= 0.3 is 0 Å². The largest absolute Gasteiger partial charge is 0.352 e. The Hall–Kier alpha value is -2.42. The average Bonchev–Trinajstić information content (AvgIpc) is 3.23. The lowest BCUT2D eigenvalue weighted by atomic mass is 10.2. The Morgan fingerprint density at radius 2 is 1.86 bits per heavy atom. The van der Waals surface area contributed by atoms with Crippen LogP contribution in [-0.4, -0.2) is 59.4 Å². The molecule has 0 unspecified atom stereocenters. The summed E-state index contributed by atoms with van der Waals surface area (Å²) in [6, 6.07) is 6.62. The Labute approximate surface area is 181 Å². The summed E-state index contributed by atoms with van der Waals surface area (Å²) in [6.07, 6.45) is 1.57. The van der Waals surface area contributed by atoms with Crippen LogP contribution in [0.2, 0.25) is 10.0 Å². The average molecular weight is 450 g/mol. The van der Waals surface area contributed by atoms with Crippen molar-refractivity contribution in [3.05, 3.63) is 51.6 Å². The second-order valence-electron chi connectivity index (χ2n) is 6.52. The quantitative estimate of drug-likeness (QED) is 0.661. The van der Waals surface area contributed by atoms with Crippen molar-refractivity contribution in [2.24, 2.45) is 0 Å². The number of aromatic nitrogens is 2. The van der Waals surface area contributed by atoms with E-state index in [4.69, 9.17) is 23.2 Å². The van der Waals surface area contributed by atoms with E-state index in [0.29, 0.717) is 41.8 Å². The molecule has 3 aromatic rings. The summed E-state index contributed by atoms with van der Waals surface area (Å²) in [5, 5.41) is 6.35. The van der Waals surface area contributed by atoms with E-state index in [1.807, 2.05) is 11.4 Å². The van der Waals surface area contributed by atoms with E-state index in [9.17, 15) is 9.59 Å². The number of amides is 2. The Bertz CT molecular complexity index is 1070. The van der Waals surface area contributed by atoms with Crippen molar-refractivity contribution in [1.29, 1.82) is 0 Å². The van der Waals surface area contributed by atoms with E-state index in [1.165, 1.54) is 6.07 Å². The SMILES string of the molecule is O=C(NCC(=O)N1CCN(c2ncnc3sccc23)CC1)c1ccc(Cl)c(Cl)c1. The number of hydrogen-bond acceptors (Lipinski definition) is 6. The van der Waals surface area contributed by atoms with E-state index in [0.717, 1.165) is 16.0 Å². The molecule has 0 spiro atoms. The van der Waals surface area contributed by atoms with Crippen LogP contribution in [0.4, 0.5) is 5.82 Å². The number of carbonyl (C=O) groups is 2. The summed E-state index contributed by atoms with van der Waals surface area (Å²) >= 11 is 13.4. The molecule has 4 rings (SSSR count). The molecule has 150 valence electrons. The third-order valence-corrected chi connectivity index (χ3v) is 6.31. The van der Waals surface area contributed by atoms with Crippen molar-refractivity contribution >= 4 is 62.4 Å². The molecule has 1 saturated heterocycles. The number of piperazine rings is 1. The molecule has 1 aromatic carbocycles. The van der Waals surface area contributed by atoms with Gasteiger partial charge in [0.25, 0.3) is 5.91 Å². The zero-order valence-corrected chi connectivity index (χ0v) is 17.6. The minimum Gasteiger partial charge on any atom is -0.352 e. The topological polar surface area (TPSA) is 78.4 Å². The molecule has 2 amide bonds. The molecule has 3 heterocycles. The molecular formula is C19H17Cl2N5O2S. The summed E-state index contributed by atoms with van der Waals surface area (Å²) in [6.45, 7) is 2.42. The molecule has 1 aliphatic rings. The maximum Gasteiger partial charge on any atom is 0.251 e. The number of thiophene rings is 1. The number of carbonyl (C=O) groups excluding carboxylic acids is 2. The minimum absolute atomic E-state index is 0.0681. The fourth-order valence-corrected chi connectivity index (χ4v) is 4.23. The van der Waals surface area contributed by atoms with Crippen LogP contribution >= 0.6 is 34.5 Å². The Morgan fingerprint density at radius 3 is 2.62 bits per heavy atom. The fourth-order valence-electron chi connectivity index (χ4n) is 3.20. The molecular weight excluding hydrogens is 433 g/mol. The zero-order valence-electron chi connectivity index (χ0n) is 15.3. The monoisotopic (exact) mass is 449 g/mol. The number of hydrogen-bond donors (Lipinski definition) is 1. The molecule has 2 aromatic heterocycles. The smallest absolute Gasteiger partial charge is 0.251 e. The van der Waals surface area contributed by atoms with Gasteiger partial charge < -0.3 is 15.1 Å². The third kappa shape index (κ3) is 4.29. The van der Waals surface area contributed by atoms with Gasteiger partial charge in [-0.15, -0.1) is 11.3 Å². The molecule has 0 aliphatic carbocycles. The summed E-state index contributed by atoms with van der Waals surface area (Å²) < 4.78 is 0. The van der Waals surface area contributed by atoms with Crippen molar-refractivity contribution in [3.8, 4) is 0 Å². The van der Waals surface area contributed by atoms with Crippen molar-refractivity contribution in [2.75, 3.05) is 37.6 Å².